The maximum Gasteiger partial charge on any atom is 0.330 e. The van der Waals surface area contributed by atoms with Crippen molar-refractivity contribution in [3.05, 3.63) is 34.9 Å². The van der Waals surface area contributed by atoms with Crippen molar-refractivity contribution in [3.8, 4) is 0 Å². The SMILES string of the molecule is C/C(=C/CC[C@H](C)[C@@H]1CC[C@]2(C)C3=CCC4C(C)(C)C(=O)CC[C@@]4(C)C3=CC[C@@]12C)C(=O)O. The first kappa shape index (κ1) is 24.5. The molecular formula is C30H44O3. The number of ketones is 1. The Kier molecular flexibility index (Phi) is 5.90. The van der Waals surface area contributed by atoms with Gasteiger partial charge in [0.25, 0.3) is 0 Å². The number of hydrogen-bond donors (Lipinski definition) is 1. The van der Waals surface area contributed by atoms with Gasteiger partial charge in [-0.15, -0.1) is 0 Å². The Morgan fingerprint density at radius 2 is 1.85 bits per heavy atom. The Labute approximate surface area is 200 Å². The molecule has 0 aromatic rings. The average Bonchev–Trinajstić information content (AvgIpc) is 3.02. The first-order valence-corrected chi connectivity index (χ1v) is 13.1. The van der Waals surface area contributed by atoms with E-state index in [2.05, 4.69) is 53.7 Å². The third-order valence-corrected chi connectivity index (χ3v) is 11.1. The Hall–Kier alpha value is -1.64. The number of carboxylic acid groups (broad SMARTS) is 1. The molecule has 4 aliphatic carbocycles. The summed E-state index contributed by atoms with van der Waals surface area (Å²) in [4.78, 5) is 23.9. The van der Waals surface area contributed by atoms with Crippen LogP contribution in [0.3, 0.4) is 0 Å². The lowest BCUT2D eigenvalue weighted by Gasteiger charge is -2.59. The maximum absolute atomic E-state index is 12.8. The Morgan fingerprint density at radius 3 is 2.52 bits per heavy atom. The van der Waals surface area contributed by atoms with Crippen LogP contribution in [0.1, 0.15) is 99.8 Å². The third-order valence-electron chi connectivity index (χ3n) is 11.1. The molecular weight excluding hydrogens is 408 g/mol. The molecule has 1 N–H and O–H groups in total. The number of aliphatic carboxylic acids is 1. The zero-order valence-corrected chi connectivity index (χ0v) is 21.9. The first-order chi connectivity index (χ1) is 15.3. The molecule has 1 unspecified atom stereocenters. The molecule has 2 fully saturated rings. The van der Waals surface area contributed by atoms with Gasteiger partial charge in [0.15, 0.2) is 0 Å². The molecule has 0 aliphatic heterocycles. The molecule has 6 atom stereocenters. The summed E-state index contributed by atoms with van der Waals surface area (Å²) in [5, 5.41) is 9.15. The number of carbonyl (C=O) groups excluding carboxylic acids is 1. The molecule has 3 heteroatoms. The number of allylic oxidation sites excluding steroid dienone is 5. The highest BCUT2D eigenvalue weighted by atomic mass is 16.4. The van der Waals surface area contributed by atoms with Gasteiger partial charge in [-0.3, -0.25) is 4.79 Å². The van der Waals surface area contributed by atoms with E-state index in [1.807, 2.05) is 6.08 Å². The van der Waals surface area contributed by atoms with Crippen LogP contribution < -0.4 is 0 Å². The van der Waals surface area contributed by atoms with Crippen molar-refractivity contribution in [1.29, 1.82) is 0 Å². The second kappa shape index (κ2) is 7.95. The zero-order chi connectivity index (χ0) is 24.4. The molecule has 182 valence electrons. The molecule has 4 rings (SSSR count). The van der Waals surface area contributed by atoms with Crippen LogP contribution in [0.5, 0.6) is 0 Å². The molecule has 33 heavy (non-hydrogen) atoms. The van der Waals surface area contributed by atoms with E-state index in [1.165, 1.54) is 12.8 Å². The fraction of sp³-hybridized carbons (Fsp3) is 0.733. The minimum atomic E-state index is -0.809. The van der Waals surface area contributed by atoms with Crippen molar-refractivity contribution < 1.29 is 14.7 Å². The van der Waals surface area contributed by atoms with E-state index in [1.54, 1.807) is 18.1 Å². The highest BCUT2D eigenvalue weighted by Crippen LogP contribution is 2.71. The molecule has 4 aliphatic rings. The van der Waals surface area contributed by atoms with Crippen LogP contribution in [0.15, 0.2) is 34.9 Å². The van der Waals surface area contributed by atoms with E-state index in [0.717, 1.165) is 32.1 Å². The van der Waals surface area contributed by atoms with Gasteiger partial charge < -0.3 is 5.11 Å². The quantitative estimate of drug-likeness (QED) is 0.439. The Balaban J connectivity index is 1.62. The van der Waals surface area contributed by atoms with Crippen LogP contribution in [0.2, 0.25) is 0 Å². The standard InChI is InChI=1S/C30H44O3/c1-19(9-8-10-20(2)26(32)33)21-13-17-30(7)23-11-12-24-27(3,4)25(31)15-16-28(24,5)22(23)14-18-29(21,30)6/h10-11,14,19,21,24H,8-9,12-13,15-18H2,1-7H3,(H,32,33)/b20-10-/t19-,21-,24?,28-,29-,30+/m0/s1. The summed E-state index contributed by atoms with van der Waals surface area (Å²) >= 11 is 0. The van der Waals surface area contributed by atoms with Gasteiger partial charge in [-0.1, -0.05) is 59.8 Å². The Bertz CT molecular complexity index is 950. The van der Waals surface area contributed by atoms with Crippen molar-refractivity contribution in [2.45, 2.75) is 99.8 Å². The van der Waals surface area contributed by atoms with Crippen molar-refractivity contribution in [1.82, 2.24) is 0 Å². The lowest BCUT2D eigenvalue weighted by atomic mass is 9.44. The highest BCUT2D eigenvalue weighted by Gasteiger charge is 2.63. The molecule has 3 nitrogen and oxygen atoms in total. The van der Waals surface area contributed by atoms with E-state index >= 15 is 0 Å². The number of carboxylic acids is 1. The molecule has 2 saturated carbocycles. The molecule has 0 spiro atoms. The van der Waals surface area contributed by atoms with E-state index in [0.29, 0.717) is 35.5 Å². The predicted molar refractivity (Wildman–Crippen MR) is 134 cm³/mol. The number of carbonyl (C=O) groups is 2. The summed E-state index contributed by atoms with van der Waals surface area (Å²) in [7, 11) is 0. The van der Waals surface area contributed by atoms with Gasteiger partial charge >= 0.3 is 5.97 Å². The topological polar surface area (TPSA) is 54.4 Å². The summed E-state index contributed by atoms with van der Waals surface area (Å²) in [6.07, 6.45) is 15.2. The summed E-state index contributed by atoms with van der Waals surface area (Å²) in [5.41, 5.74) is 3.89. The van der Waals surface area contributed by atoms with Crippen molar-refractivity contribution in [2.24, 2.45) is 39.4 Å². The zero-order valence-electron chi connectivity index (χ0n) is 21.9. The van der Waals surface area contributed by atoms with Gasteiger partial charge in [0.05, 0.1) is 0 Å². The van der Waals surface area contributed by atoms with E-state index in [-0.39, 0.29) is 21.7 Å². The lowest BCUT2D eigenvalue weighted by molar-refractivity contribution is -0.138. The molecule has 0 amide bonds. The average molecular weight is 453 g/mol. The van der Waals surface area contributed by atoms with E-state index < -0.39 is 5.97 Å². The summed E-state index contributed by atoms with van der Waals surface area (Å²) < 4.78 is 0. The number of Topliss-reactive ketones (excluding diaryl/α,β-unsaturated/α-hetero) is 1. The smallest absolute Gasteiger partial charge is 0.330 e. The summed E-state index contributed by atoms with van der Waals surface area (Å²) in [6.45, 7) is 15.9. The second-order valence-corrected chi connectivity index (χ2v) is 12.9. The molecule has 0 aromatic heterocycles. The van der Waals surface area contributed by atoms with Crippen LogP contribution in [0, 0.1) is 39.4 Å². The van der Waals surface area contributed by atoms with Gasteiger partial charge in [0.1, 0.15) is 5.78 Å². The minimum Gasteiger partial charge on any atom is -0.478 e. The molecule has 0 radical (unpaired) electrons. The van der Waals surface area contributed by atoms with Crippen LogP contribution in [0.4, 0.5) is 0 Å². The van der Waals surface area contributed by atoms with Gasteiger partial charge in [0, 0.05) is 17.4 Å². The second-order valence-electron chi connectivity index (χ2n) is 12.9. The predicted octanol–water partition coefficient (Wildman–Crippen LogP) is 7.53. The Morgan fingerprint density at radius 1 is 1.15 bits per heavy atom. The normalized spacial score (nSPS) is 40.8. The fourth-order valence-electron chi connectivity index (χ4n) is 8.61. The molecule has 0 heterocycles. The van der Waals surface area contributed by atoms with Crippen molar-refractivity contribution in [2.75, 3.05) is 0 Å². The van der Waals surface area contributed by atoms with Gasteiger partial charge in [-0.25, -0.2) is 4.79 Å². The number of hydrogen-bond acceptors (Lipinski definition) is 2. The van der Waals surface area contributed by atoms with Gasteiger partial charge in [-0.05, 0) is 97.0 Å². The summed E-state index contributed by atoms with van der Waals surface area (Å²) in [6, 6.07) is 0. The van der Waals surface area contributed by atoms with Crippen molar-refractivity contribution in [3.63, 3.8) is 0 Å². The van der Waals surface area contributed by atoms with E-state index in [4.69, 9.17) is 5.11 Å². The third kappa shape index (κ3) is 3.43. The van der Waals surface area contributed by atoms with Crippen LogP contribution >= 0.6 is 0 Å². The maximum atomic E-state index is 12.8. The van der Waals surface area contributed by atoms with Crippen LogP contribution in [-0.2, 0) is 9.59 Å². The van der Waals surface area contributed by atoms with Crippen LogP contribution in [-0.4, -0.2) is 16.9 Å². The lowest BCUT2D eigenvalue weighted by Crippen LogP contribution is -2.53. The number of rotatable bonds is 5. The fourth-order valence-corrected chi connectivity index (χ4v) is 8.61. The largest absolute Gasteiger partial charge is 0.478 e. The molecule has 0 saturated heterocycles. The van der Waals surface area contributed by atoms with Crippen LogP contribution in [0.25, 0.3) is 0 Å². The van der Waals surface area contributed by atoms with Gasteiger partial charge in [0.2, 0.25) is 0 Å². The molecule has 0 bridgehead atoms. The summed E-state index contributed by atoms with van der Waals surface area (Å²) in [5.74, 6) is 1.25. The minimum absolute atomic E-state index is 0.106. The van der Waals surface area contributed by atoms with Crippen molar-refractivity contribution >= 4 is 11.8 Å². The monoisotopic (exact) mass is 452 g/mol. The first-order valence-electron chi connectivity index (χ1n) is 13.1. The van der Waals surface area contributed by atoms with Gasteiger partial charge in [-0.2, -0.15) is 0 Å². The molecule has 0 aromatic carbocycles. The highest BCUT2D eigenvalue weighted by molar-refractivity contribution is 5.86. The van der Waals surface area contributed by atoms with E-state index in [9.17, 15) is 9.59 Å². The number of fused-ring (bicyclic) bond motifs is 5.